The van der Waals surface area contributed by atoms with Crippen molar-refractivity contribution in [1.29, 1.82) is 0 Å². The fourth-order valence-corrected chi connectivity index (χ4v) is 8.64. The second-order valence-electron chi connectivity index (χ2n) is 13.2. The van der Waals surface area contributed by atoms with Crippen molar-refractivity contribution in [3.63, 3.8) is 0 Å². The molecule has 2 aromatic rings. The predicted octanol–water partition coefficient (Wildman–Crippen LogP) is 2.66. The number of methoxy groups -OCH3 is 1. The molecule has 1 aliphatic carbocycles. The third-order valence-electron chi connectivity index (χ3n) is 8.76. The second kappa shape index (κ2) is 14.0. The number of nitrogens with two attached hydrogens (primary N) is 1. The number of aromatic nitrogens is 4. The maximum absolute atomic E-state index is 14.7. The van der Waals surface area contributed by atoms with E-state index in [1.54, 1.807) is 25.3 Å². The summed E-state index contributed by atoms with van der Waals surface area (Å²) < 4.78 is 56.1. The number of carbonyl (C=O) groups excluding carboxylic acids is 3. The van der Waals surface area contributed by atoms with Crippen molar-refractivity contribution in [1.82, 2.24) is 29.7 Å². The molecule has 1 saturated carbocycles. The van der Waals surface area contributed by atoms with Gasteiger partial charge in [0.1, 0.15) is 29.8 Å². The van der Waals surface area contributed by atoms with Gasteiger partial charge in [0.05, 0.1) is 33.3 Å². The van der Waals surface area contributed by atoms with E-state index in [1.165, 1.54) is 13.4 Å². The Morgan fingerprint density at radius 2 is 1.65 bits per heavy atom. The molecular formula is C30H46N7O11P. The normalized spacial score (nSPS) is 28.0. The third-order valence-corrected chi connectivity index (χ3v) is 10.6. The minimum absolute atomic E-state index is 0.00351. The number of carbonyl (C=O) groups is 3. The summed E-state index contributed by atoms with van der Waals surface area (Å²) in [6.45, 7) is 12.5. The number of esters is 2. The van der Waals surface area contributed by atoms with E-state index >= 15 is 0 Å². The lowest BCUT2D eigenvalue weighted by atomic mass is 10.1. The Morgan fingerprint density at radius 1 is 1.06 bits per heavy atom. The Hall–Kier alpha value is -3.57. The molecule has 4 N–H and O–H groups in total. The molecule has 0 radical (unpaired) electrons. The van der Waals surface area contributed by atoms with Crippen molar-refractivity contribution < 1.29 is 51.9 Å². The van der Waals surface area contributed by atoms with Crippen LogP contribution in [0.5, 0.6) is 5.88 Å². The average molecular weight is 712 g/mol. The van der Waals surface area contributed by atoms with Gasteiger partial charge in [-0.05, 0) is 45.4 Å². The van der Waals surface area contributed by atoms with Crippen LogP contribution in [0.15, 0.2) is 6.33 Å². The summed E-state index contributed by atoms with van der Waals surface area (Å²) in [4.78, 5) is 51.4. The van der Waals surface area contributed by atoms with E-state index in [0.29, 0.717) is 11.2 Å². The zero-order chi connectivity index (χ0) is 35.9. The predicted molar refractivity (Wildman–Crippen MR) is 172 cm³/mol. The maximum Gasteiger partial charge on any atom is 0.509 e. The summed E-state index contributed by atoms with van der Waals surface area (Å²) in [5, 5.41) is 5.66. The Labute approximate surface area is 284 Å². The van der Waals surface area contributed by atoms with Gasteiger partial charge in [-0.15, -0.1) is 0 Å². The molecule has 5 unspecified atom stereocenters. The van der Waals surface area contributed by atoms with Gasteiger partial charge in [0.15, 0.2) is 17.3 Å². The van der Waals surface area contributed by atoms with Crippen LogP contribution < -0.4 is 20.6 Å². The molecule has 0 amide bonds. The molecule has 2 saturated heterocycles. The monoisotopic (exact) mass is 711 g/mol. The van der Waals surface area contributed by atoms with Crippen LogP contribution in [-0.4, -0.2) is 100 Å². The molecule has 0 bridgehead atoms. The molecule has 0 aromatic carbocycles. The summed E-state index contributed by atoms with van der Waals surface area (Å²) in [7, 11) is -2.84. The van der Waals surface area contributed by atoms with Crippen molar-refractivity contribution in [2.24, 2.45) is 11.8 Å². The molecule has 2 aromatic heterocycles. The number of hydrogen-bond donors (Lipinski definition) is 3. The van der Waals surface area contributed by atoms with Crippen LogP contribution >= 0.6 is 7.67 Å². The Balaban J connectivity index is 1.43. The first kappa shape index (κ1) is 36.7. The number of anilines is 1. The Morgan fingerprint density at radius 3 is 2.18 bits per heavy atom. The molecule has 3 fully saturated rings. The van der Waals surface area contributed by atoms with Crippen molar-refractivity contribution >= 4 is 42.9 Å². The first-order valence-corrected chi connectivity index (χ1v) is 18.0. The smallest absolute Gasteiger partial charge is 0.479 e. The van der Waals surface area contributed by atoms with E-state index in [-0.39, 0.29) is 56.3 Å². The highest BCUT2D eigenvalue weighted by Gasteiger charge is 2.92. The largest absolute Gasteiger partial charge is 0.509 e. The summed E-state index contributed by atoms with van der Waals surface area (Å²) >= 11 is 0. The Kier molecular flexibility index (Phi) is 10.5. The highest BCUT2D eigenvalue weighted by Crippen LogP contribution is 2.72. The zero-order valence-corrected chi connectivity index (χ0v) is 29.9. The second-order valence-corrected chi connectivity index (χ2v) is 15.1. The first-order chi connectivity index (χ1) is 23.1. The molecule has 272 valence electrons. The van der Waals surface area contributed by atoms with Gasteiger partial charge in [-0.25, -0.2) is 20.0 Å². The minimum Gasteiger partial charge on any atom is -0.479 e. The lowest BCUT2D eigenvalue weighted by molar-refractivity contribution is -0.146. The fourth-order valence-electron chi connectivity index (χ4n) is 6.82. The van der Waals surface area contributed by atoms with E-state index in [2.05, 4.69) is 25.1 Å². The van der Waals surface area contributed by atoms with Crippen molar-refractivity contribution in [2.45, 2.75) is 103 Å². The molecule has 4 heterocycles. The van der Waals surface area contributed by atoms with E-state index < -0.39 is 67.3 Å². The van der Waals surface area contributed by atoms with Crippen LogP contribution in [-0.2, 0) is 42.4 Å². The number of imidazole rings is 1. The van der Waals surface area contributed by atoms with Gasteiger partial charge in [0.25, 0.3) is 0 Å². The molecule has 1 spiro atoms. The molecule has 18 nitrogen and oxygen atoms in total. The van der Waals surface area contributed by atoms with Crippen LogP contribution in [0.3, 0.4) is 0 Å². The fraction of sp³-hybridized carbons (Fsp3) is 0.733. The number of hydrogen-bond acceptors (Lipinski definition) is 15. The van der Waals surface area contributed by atoms with Crippen LogP contribution in [0.25, 0.3) is 11.2 Å². The van der Waals surface area contributed by atoms with Gasteiger partial charge in [-0.2, -0.15) is 9.97 Å². The van der Waals surface area contributed by atoms with Gasteiger partial charge in [0.2, 0.25) is 17.4 Å². The lowest BCUT2D eigenvalue weighted by Crippen LogP contribution is -2.46. The van der Waals surface area contributed by atoms with E-state index in [9.17, 15) is 18.9 Å². The third kappa shape index (κ3) is 6.80. The van der Waals surface area contributed by atoms with E-state index in [1.807, 2.05) is 27.7 Å². The molecule has 19 heteroatoms. The van der Waals surface area contributed by atoms with Crippen molar-refractivity contribution in [3.05, 3.63) is 6.33 Å². The van der Waals surface area contributed by atoms with Gasteiger partial charge < -0.3 is 43.2 Å². The van der Waals surface area contributed by atoms with E-state index in [0.717, 1.165) is 0 Å². The first-order valence-electron chi connectivity index (χ1n) is 16.4. The van der Waals surface area contributed by atoms with Crippen LogP contribution in [0.1, 0.15) is 67.3 Å². The molecule has 5 rings (SSSR count). The molecule has 7 atom stereocenters. The standard InChI is InChI=1S/C30H46N7O11P/c1-9-43-24(38)17(11-15(3)4)35-49(41,36-18(12-16(5)6)25(39)44-10-2)45-13-19-21-30(48-28(40)46-21)26(29(30,7)47-19)37-14-32-20-22(37)33-27(31)34-23(20)42-8/h14-19,21,26H,9-13H2,1-8H3,(H2,31,33,34)(H2,35,36,41)/t17?,18?,19-,21?,26-,29?,30?,49?/m1/s1. The minimum atomic E-state index is -4.27. The van der Waals surface area contributed by atoms with Crippen molar-refractivity contribution in [3.8, 4) is 5.88 Å². The lowest BCUT2D eigenvalue weighted by Gasteiger charge is -2.31. The van der Waals surface area contributed by atoms with Crippen LogP contribution in [0.4, 0.5) is 10.7 Å². The molecule has 2 aliphatic heterocycles. The van der Waals surface area contributed by atoms with Crippen LogP contribution in [0.2, 0.25) is 0 Å². The number of ether oxygens (including phenoxy) is 6. The summed E-state index contributed by atoms with van der Waals surface area (Å²) in [5.41, 5.74) is 4.13. The van der Waals surface area contributed by atoms with E-state index in [4.69, 9.17) is 38.7 Å². The number of nitrogen functional groups attached to an aromatic ring is 1. The van der Waals surface area contributed by atoms with Gasteiger partial charge in [-0.3, -0.25) is 14.2 Å². The quantitative estimate of drug-likeness (QED) is 0.122. The number of fused-ring (bicyclic) bond motifs is 1. The number of nitrogens with one attached hydrogen (secondary N) is 2. The zero-order valence-electron chi connectivity index (χ0n) is 29.0. The highest BCUT2D eigenvalue weighted by atomic mass is 31.2. The number of nitrogens with zero attached hydrogens (tertiary/aromatic N) is 4. The topological polar surface area (TPSA) is 227 Å². The van der Waals surface area contributed by atoms with Crippen LogP contribution in [0, 0.1) is 11.8 Å². The van der Waals surface area contributed by atoms with Gasteiger partial charge >= 0.3 is 25.8 Å². The SMILES string of the molecule is CCOC(=O)C(CC(C)C)NP(=O)(NC(CC(C)C)C(=O)OCC)OC[C@H]1OC2(C)[C@@H](n3cnc4c(OC)nc(N)nc43)C23OC(=O)OC13. The maximum atomic E-state index is 14.7. The highest BCUT2D eigenvalue weighted by molar-refractivity contribution is 7.54. The van der Waals surface area contributed by atoms with Gasteiger partial charge in [0, 0.05) is 0 Å². The van der Waals surface area contributed by atoms with Gasteiger partial charge in [-0.1, -0.05) is 27.7 Å². The summed E-state index contributed by atoms with van der Waals surface area (Å²) in [5.74, 6) is -1.12. The summed E-state index contributed by atoms with van der Waals surface area (Å²) in [6.07, 6.45) is -0.867. The Bertz CT molecular complexity index is 1580. The molecule has 3 aliphatic rings. The number of rotatable bonds is 17. The molecular weight excluding hydrogens is 665 g/mol. The molecule has 49 heavy (non-hydrogen) atoms. The van der Waals surface area contributed by atoms with Crippen molar-refractivity contribution in [2.75, 3.05) is 32.7 Å². The summed E-state index contributed by atoms with van der Waals surface area (Å²) in [6, 6.07) is -2.72. The average Bonchev–Trinajstić information content (AvgIpc) is 3.37.